The normalized spacial score (nSPS) is 16.2. The van der Waals surface area contributed by atoms with E-state index < -0.39 is 0 Å². The van der Waals surface area contributed by atoms with E-state index in [1.165, 1.54) is 16.9 Å². The van der Waals surface area contributed by atoms with Gasteiger partial charge in [-0.3, -0.25) is 9.59 Å². The molecule has 2 heterocycles. The van der Waals surface area contributed by atoms with E-state index in [9.17, 15) is 9.59 Å². The minimum atomic E-state index is -0.347. The molecule has 29 heavy (non-hydrogen) atoms. The SMILES string of the molecule is O=C(Nc1nnc(Cc2ccccc2)s1)[C@H]1CC(=O)N(CCc2ccccc2)C1. The molecule has 1 aliphatic rings. The number of benzene rings is 2. The number of hydrogen-bond donors (Lipinski definition) is 1. The van der Waals surface area contributed by atoms with Crippen LogP contribution in [0.4, 0.5) is 5.13 Å². The maximum atomic E-state index is 12.6. The lowest BCUT2D eigenvalue weighted by molar-refractivity contribution is -0.128. The van der Waals surface area contributed by atoms with Crippen LogP contribution in [0.2, 0.25) is 0 Å². The fraction of sp³-hybridized carbons (Fsp3) is 0.273. The Bertz CT molecular complexity index is 975. The van der Waals surface area contributed by atoms with Gasteiger partial charge >= 0.3 is 0 Å². The van der Waals surface area contributed by atoms with Gasteiger partial charge in [-0.25, -0.2) is 0 Å². The molecule has 7 heteroatoms. The second-order valence-electron chi connectivity index (χ2n) is 7.13. The van der Waals surface area contributed by atoms with E-state index >= 15 is 0 Å². The fourth-order valence-corrected chi connectivity index (χ4v) is 4.20. The van der Waals surface area contributed by atoms with E-state index in [-0.39, 0.29) is 24.2 Å². The highest BCUT2D eigenvalue weighted by Crippen LogP contribution is 2.23. The number of carbonyl (C=O) groups excluding carboxylic acids is 2. The molecule has 6 nitrogen and oxygen atoms in total. The molecular weight excluding hydrogens is 384 g/mol. The number of aromatic nitrogens is 2. The first kappa shape index (κ1) is 19.3. The van der Waals surface area contributed by atoms with Gasteiger partial charge in [0.15, 0.2) is 0 Å². The van der Waals surface area contributed by atoms with Crippen molar-refractivity contribution in [1.82, 2.24) is 15.1 Å². The van der Waals surface area contributed by atoms with Crippen LogP contribution in [-0.4, -0.2) is 40.0 Å². The zero-order valence-electron chi connectivity index (χ0n) is 16.0. The molecule has 1 fully saturated rings. The minimum absolute atomic E-state index is 0.0307. The van der Waals surface area contributed by atoms with Gasteiger partial charge in [0.25, 0.3) is 0 Å². The second kappa shape index (κ2) is 8.96. The summed E-state index contributed by atoms with van der Waals surface area (Å²) in [5.41, 5.74) is 2.34. The zero-order valence-corrected chi connectivity index (χ0v) is 16.8. The molecule has 1 aliphatic heterocycles. The van der Waals surface area contributed by atoms with Crippen LogP contribution in [0, 0.1) is 5.92 Å². The monoisotopic (exact) mass is 406 g/mol. The fourth-order valence-electron chi connectivity index (χ4n) is 3.43. The average molecular weight is 407 g/mol. The first-order valence-corrected chi connectivity index (χ1v) is 10.5. The summed E-state index contributed by atoms with van der Waals surface area (Å²) in [6.07, 6.45) is 1.72. The molecule has 0 aliphatic carbocycles. The van der Waals surface area contributed by atoms with Crippen LogP contribution >= 0.6 is 11.3 Å². The summed E-state index contributed by atoms with van der Waals surface area (Å²) in [5, 5.41) is 12.4. The van der Waals surface area contributed by atoms with E-state index in [0.29, 0.717) is 24.6 Å². The van der Waals surface area contributed by atoms with E-state index in [1.54, 1.807) is 4.90 Å². The van der Waals surface area contributed by atoms with Crippen molar-refractivity contribution in [2.24, 2.45) is 5.92 Å². The molecule has 1 aromatic heterocycles. The predicted molar refractivity (Wildman–Crippen MR) is 113 cm³/mol. The topological polar surface area (TPSA) is 75.2 Å². The number of nitrogens with zero attached hydrogens (tertiary/aromatic N) is 3. The maximum Gasteiger partial charge on any atom is 0.231 e. The summed E-state index contributed by atoms with van der Waals surface area (Å²) in [7, 11) is 0. The minimum Gasteiger partial charge on any atom is -0.342 e. The number of nitrogens with one attached hydrogen (secondary N) is 1. The van der Waals surface area contributed by atoms with Gasteiger partial charge in [0.1, 0.15) is 5.01 Å². The van der Waals surface area contributed by atoms with Gasteiger partial charge in [-0.2, -0.15) is 0 Å². The van der Waals surface area contributed by atoms with Gasteiger partial charge in [-0.1, -0.05) is 72.0 Å². The molecule has 0 spiro atoms. The van der Waals surface area contributed by atoms with Gasteiger partial charge < -0.3 is 10.2 Å². The van der Waals surface area contributed by atoms with Crippen LogP contribution in [0.5, 0.6) is 0 Å². The Hall–Kier alpha value is -3.06. The third-order valence-corrected chi connectivity index (χ3v) is 5.83. The quantitative estimate of drug-likeness (QED) is 0.654. The van der Waals surface area contributed by atoms with Gasteiger partial charge in [-0.05, 0) is 17.5 Å². The molecule has 1 saturated heterocycles. The van der Waals surface area contributed by atoms with Crippen LogP contribution in [0.15, 0.2) is 60.7 Å². The summed E-state index contributed by atoms with van der Waals surface area (Å²) < 4.78 is 0. The standard InChI is InChI=1S/C22H22N4O2S/c27-20-14-18(15-26(20)12-11-16-7-3-1-4-8-16)21(28)23-22-25-24-19(29-22)13-17-9-5-2-6-10-17/h1-10,18H,11-15H2,(H,23,25,28)/t18-/m0/s1. The lowest BCUT2D eigenvalue weighted by atomic mass is 10.1. The van der Waals surface area contributed by atoms with Crippen LogP contribution in [0.1, 0.15) is 22.6 Å². The van der Waals surface area contributed by atoms with Crippen LogP contribution < -0.4 is 5.32 Å². The largest absolute Gasteiger partial charge is 0.342 e. The molecule has 0 bridgehead atoms. The Morgan fingerprint density at radius 2 is 1.72 bits per heavy atom. The highest BCUT2D eigenvalue weighted by atomic mass is 32.1. The van der Waals surface area contributed by atoms with Crippen molar-refractivity contribution in [3.8, 4) is 0 Å². The Labute approximate surface area is 173 Å². The lowest BCUT2D eigenvalue weighted by Crippen LogP contribution is -2.30. The highest BCUT2D eigenvalue weighted by Gasteiger charge is 2.34. The molecule has 0 saturated carbocycles. The van der Waals surface area contributed by atoms with Crippen molar-refractivity contribution in [1.29, 1.82) is 0 Å². The molecule has 1 atom stereocenters. The van der Waals surface area contributed by atoms with Crippen LogP contribution in [0.25, 0.3) is 0 Å². The number of hydrogen-bond acceptors (Lipinski definition) is 5. The molecule has 1 N–H and O–H groups in total. The highest BCUT2D eigenvalue weighted by molar-refractivity contribution is 7.15. The Morgan fingerprint density at radius 3 is 2.45 bits per heavy atom. The van der Waals surface area contributed by atoms with Crippen molar-refractivity contribution in [2.75, 3.05) is 18.4 Å². The first-order chi connectivity index (χ1) is 14.2. The smallest absolute Gasteiger partial charge is 0.231 e. The zero-order chi connectivity index (χ0) is 20.1. The van der Waals surface area contributed by atoms with E-state index in [4.69, 9.17) is 0 Å². The molecular formula is C22H22N4O2S. The molecule has 2 amide bonds. The van der Waals surface area contributed by atoms with Gasteiger partial charge in [0.05, 0.1) is 5.92 Å². The second-order valence-corrected chi connectivity index (χ2v) is 8.19. The summed E-state index contributed by atoms with van der Waals surface area (Å²) >= 11 is 1.37. The van der Waals surface area contributed by atoms with E-state index in [0.717, 1.165) is 17.0 Å². The third-order valence-electron chi connectivity index (χ3n) is 4.99. The number of anilines is 1. The molecule has 4 rings (SSSR count). The molecule has 148 valence electrons. The predicted octanol–water partition coefficient (Wildman–Crippen LogP) is 3.16. The van der Waals surface area contributed by atoms with E-state index in [2.05, 4.69) is 15.5 Å². The van der Waals surface area contributed by atoms with Crippen molar-refractivity contribution in [2.45, 2.75) is 19.3 Å². The van der Waals surface area contributed by atoms with Crippen LogP contribution in [-0.2, 0) is 22.4 Å². The summed E-state index contributed by atoms with van der Waals surface area (Å²) in [4.78, 5) is 26.7. The molecule has 0 radical (unpaired) electrons. The van der Waals surface area contributed by atoms with Crippen molar-refractivity contribution in [3.63, 3.8) is 0 Å². The number of likely N-dealkylation sites (tertiary alicyclic amines) is 1. The number of carbonyl (C=O) groups is 2. The Morgan fingerprint density at radius 1 is 1.03 bits per heavy atom. The van der Waals surface area contributed by atoms with Gasteiger partial charge in [-0.15, -0.1) is 10.2 Å². The summed E-state index contributed by atoms with van der Waals surface area (Å²) in [6.45, 7) is 1.08. The average Bonchev–Trinajstić information content (AvgIpc) is 3.34. The molecule has 0 unspecified atom stereocenters. The van der Waals surface area contributed by atoms with Gasteiger partial charge in [0.2, 0.25) is 16.9 Å². The van der Waals surface area contributed by atoms with Crippen LogP contribution in [0.3, 0.4) is 0 Å². The molecule has 2 aromatic carbocycles. The summed E-state index contributed by atoms with van der Waals surface area (Å²) in [5.74, 6) is -0.481. The van der Waals surface area contributed by atoms with Crippen molar-refractivity contribution >= 4 is 28.3 Å². The van der Waals surface area contributed by atoms with Crippen molar-refractivity contribution in [3.05, 3.63) is 76.8 Å². The van der Waals surface area contributed by atoms with E-state index in [1.807, 2.05) is 60.7 Å². The third kappa shape index (κ3) is 5.06. The first-order valence-electron chi connectivity index (χ1n) is 9.66. The lowest BCUT2D eigenvalue weighted by Gasteiger charge is -2.16. The van der Waals surface area contributed by atoms with Gasteiger partial charge in [0, 0.05) is 25.9 Å². The maximum absolute atomic E-state index is 12.6. The number of amides is 2. The Balaban J connectivity index is 1.29. The Kier molecular flexibility index (Phi) is 5.95. The number of rotatable bonds is 7. The molecule has 3 aromatic rings. The summed E-state index contributed by atoms with van der Waals surface area (Å²) in [6, 6.07) is 20.1. The van der Waals surface area contributed by atoms with Crippen molar-refractivity contribution < 1.29 is 9.59 Å².